The second-order valence-electron chi connectivity index (χ2n) is 4.16. The zero-order valence-corrected chi connectivity index (χ0v) is 8.71. The molecule has 1 aliphatic carbocycles. The predicted octanol–water partition coefficient (Wildman–Crippen LogP) is 2.91. The highest BCUT2D eigenvalue weighted by molar-refractivity contribution is 5.66. The summed E-state index contributed by atoms with van der Waals surface area (Å²) < 4.78 is 5.11. The van der Waals surface area contributed by atoms with Gasteiger partial charge in [-0.3, -0.25) is 4.79 Å². The number of carbonyl (C=O) groups excluding carboxylic acids is 1. The van der Waals surface area contributed by atoms with Gasteiger partial charge in [-0.2, -0.15) is 0 Å². The second-order valence-corrected chi connectivity index (χ2v) is 4.16. The SMILES string of the molecule is CC(=O)OC(C)CC1CCCCC1. The summed E-state index contributed by atoms with van der Waals surface area (Å²) >= 11 is 0. The van der Waals surface area contributed by atoms with Gasteiger partial charge in [0, 0.05) is 6.92 Å². The Morgan fingerprint density at radius 3 is 2.54 bits per heavy atom. The summed E-state index contributed by atoms with van der Waals surface area (Å²) in [5.74, 6) is 0.645. The number of hydrogen-bond donors (Lipinski definition) is 0. The van der Waals surface area contributed by atoms with Gasteiger partial charge in [0.05, 0.1) is 6.10 Å². The van der Waals surface area contributed by atoms with Gasteiger partial charge in [0.1, 0.15) is 0 Å². The van der Waals surface area contributed by atoms with Gasteiger partial charge in [0.2, 0.25) is 0 Å². The molecule has 1 saturated carbocycles. The number of esters is 1. The van der Waals surface area contributed by atoms with Gasteiger partial charge in [-0.05, 0) is 19.3 Å². The summed E-state index contributed by atoms with van der Waals surface area (Å²) in [4.78, 5) is 10.7. The Morgan fingerprint density at radius 2 is 2.00 bits per heavy atom. The van der Waals surface area contributed by atoms with E-state index in [1.165, 1.54) is 39.0 Å². The van der Waals surface area contributed by atoms with Crippen LogP contribution in [0.5, 0.6) is 0 Å². The lowest BCUT2D eigenvalue weighted by Crippen LogP contribution is -2.18. The van der Waals surface area contributed by atoms with Crippen LogP contribution >= 0.6 is 0 Å². The molecule has 0 aromatic carbocycles. The summed E-state index contributed by atoms with van der Waals surface area (Å²) in [7, 11) is 0. The zero-order valence-electron chi connectivity index (χ0n) is 8.71. The average molecular weight is 184 g/mol. The van der Waals surface area contributed by atoms with Gasteiger partial charge < -0.3 is 4.74 Å². The van der Waals surface area contributed by atoms with E-state index < -0.39 is 0 Å². The maximum Gasteiger partial charge on any atom is 0.302 e. The summed E-state index contributed by atoms with van der Waals surface area (Å²) in [6.45, 7) is 3.48. The van der Waals surface area contributed by atoms with Crippen molar-refractivity contribution in [1.82, 2.24) is 0 Å². The van der Waals surface area contributed by atoms with Gasteiger partial charge in [-0.25, -0.2) is 0 Å². The molecule has 1 unspecified atom stereocenters. The van der Waals surface area contributed by atoms with Crippen LogP contribution in [0.2, 0.25) is 0 Å². The van der Waals surface area contributed by atoms with Crippen molar-refractivity contribution in [2.24, 2.45) is 5.92 Å². The van der Waals surface area contributed by atoms with E-state index >= 15 is 0 Å². The van der Waals surface area contributed by atoms with E-state index in [4.69, 9.17) is 4.74 Å². The third-order valence-corrected chi connectivity index (χ3v) is 2.76. The molecule has 0 spiro atoms. The van der Waals surface area contributed by atoms with Crippen molar-refractivity contribution in [2.45, 2.75) is 58.5 Å². The van der Waals surface area contributed by atoms with E-state index in [0.717, 1.165) is 12.3 Å². The third-order valence-electron chi connectivity index (χ3n) is 2.76. The van der Waals surface area contributed by atoms with E-state index in [1.54, 1.807) is 0 Å². The maximum absolute atomic E-state index is 10.7. The molecule has 76 valence electrons. The van der Waals surface area contributed by atoms with Gasteiger partial charge >= 0.3 is 5.97 Å². The first kappa shape index (κ1) is 10.6. The van der Waals surface area contributed by atoms with E-state index in [9.17, 15) is 4.79 Å². The van der Waals surface area contributed by atoms with Crippen LogP contribution in [-0.2, 0) is 9.53 Å². The summed E-state index contributed by atoms with van der Waals surface area (Å²) in [5.41, 5.74) is 0. The van der Waals surface area contributed by atoms with Crippen molar-refractivity contribution in [3.05, 3.63) is 0 Å². The fourth-order valence-corrected chi connectivity index (χ4v) is 2.22. The zero-order chi connectivity index (χ0) is 9.68. The van der Waals surface area contributed by atoms with Crippen LogP contribution in [0.15, 0.2) is 0 Å². The summed E-state index contributed by atoms with van der Waals surface area (Å²) in [6, 6.07) is 0. The fraction of sp³-hybridized carbons (Fsp3) is 0.909. The molecule has 1 aliphatic rings. The Morgan fingerprint density at radius 1 is 1.38 bits per heavy atom. The Labute approximate surface area is 80.7 Å². The second kappa shape index (κ2) is 5.25. The number of rotatable bonds is 3. The fourth-order valence-electron chi connectivity index (χ4n) is 2.22. The van der Waals surface area contributed by atoms with Gasteiger partial charge in [-0.15, -0.1) is 0 Å². The van der Waals surface area contributed by atoms with Crippen molar-refractivity contribution in [3.8, 4) is 0 Å². The molecule has 0 amide bonds. The highest BCUT2D eigenvalue weighted by Gasteiger charge is 2.17. The Hall–Kier alpha value is -0.530. The highest BCUT2D eigenvalue weighted by Crippen LogP contribution is 2.27. The molecule has 0 saturated heterocycles. The molecular weight excluding hydrogens is 164 g/mol. The standard InChI is InChI=1S/C11H20O2/c1-9(13-10(2)12)8-11-6-4-3-5-7-11/h9,11H,3-8H2,1-2H3. The van der Waals surface area contributed by atoms with Gasteiger partial charge in [-0.1, -0.05) is 32.1 Å². The molecule has 13 heavy (non-hydrogen) atoms. The monoisotopic (exact) mass is 184 g/mol. The number of ether oxygens (including phenoxy) is 1. The van der Waals surface area contributed by atoms with Crippen molar-refractivity contribution in [3.63, 3.8) is 0 Å². The third kappa shape index (κ3) is 4.30. The molecule has 1 atom stereocenters. The lowest BCUT2D eigenvalue weighted by atomic mass is 9.86. The van der Waals surface area contributed by atoms with Crippen LogP contribution in [0.1, 0.15) is 52.4 Å². The molecule has 0 heterocycles. The first-order valence-corrected chi connectivity index (χ1v) is 5.35. The molecule has 0 bridgehead atoms. The Balaban J connectivity index is 2.18. The van der Waals surface area contributed by atoms with Crippen LogP contribution in [-0.4, -0.2) is 12.1 Å². The quantitative estimate of drug-likeness (QED) is 0.630. The van der Waals surface area contributed by atoms with E-state index in [-0.39, 0.29) is 12.1 Å². The van der Waals surface area contributed by atoms with Crippen molar-refractivity contribution < 1.29 is 9.53 Å². The normalized spacial score (nSPS) is 21.1. The largest absolute Gasteiger partial charge is 0.463 e. The van der Waals surface area contributed by atoms with Crippen LogP contribution in [0.3, 0.4) is 0 Å². The molecule has 0 aromatic heterocycles. The van der Waals surface area contributed by atoms with Crippen LogP contribution < -0.4 is 0 Å². The topological polar surface area (TPSA) is 26.3 Å². The van der Waals surface area contributed by atoms with E-state index in [2.05, 4.69) is 0 Å². The van der Waals surface area contributed by atoms with Crippen molar-refractivity contribution >= 4 is 5.97 Å². The van der Waals surface area contributed by atoms with Gasteiger partial charge in [0.15, 0.2) is 0 Å². The first-order valence-electron chi connectivity index (χ1n) is 5.35. The molecule has 2 heteroatoms. The summed E-state index contributed by atoms with van der Waals surface area (Å²) in [6.07, 6.45) is 7.92. The molecule has 1 fully saturated rings. The lowest BCUT2D eigenvalue weighted by Gasteiger charge is -2.24. The summed E-state index contributed by atoms with van der Waals surface area (Å²) in [5, 5.41) is 0. The number of carbonyl (C=O) groups is 1. The molecule has 2 nitrogen and oxygen atoms in total. The van der Waals surface area contributed by atoms with Crippen LogP contribution in [0.25, 0.3) is 0 Å². The highest BCUT2D eigenvalue weighted by atomic mass is 16.5. The van der Waals surface area contributed by atoms with Gasteiger partial charge in [0.25, 0.3) is 0 Å². The van der Waals surface area contributed by atoms with Crippen molar-refractivity contribution in [2.75, 3.05) is 0 Å². The maximum atomic E-state index is 10.7. The molecule has 0 N–H and O–H groups in total. The lowest BCUT2D eigenvalue weighted by molar-refractivity contribution is -0.146. The van der Waals surface area contributed by atoms with Crippen molar-refractivity contribution in [1.29, 1.82) is 0 Å². The predicted molar refractivity (Wildman–Crippen MR) is 52.4 cm³/mol. The molecule has 0 aliphatic heterocycles. The van der Waals surface area contributed by atoms with E-state index in [0.29, 0.717) is 0 Å². The Bertz CT molecular complexity index is 159. The van der Waals surface area contributed by atoms with Crippen LogP contribution in [0.4, 0.5) is 0 Å². The minimum atomic E-state index is -0.150. The van der Waals surface area contributed by atoms with Crippen LogP contribution in [0, 0.1) is 5.92 Å². The molecular formula is C11H20O2. The minimum Gasteiger partial charge on any atom is -0.463 e. The first-order chi connectivity index (χ1) is 6.18. The minimum absolute atomic E-state index is 0.112. The Kier molecular flexibility index (Phi) is 4.26. The number of hydrogen-bond acceptors (Lipinski definition) is 2. The molecule has 0 aromatic rings. The average Bonchev–Trinajstić information content (AvgIpc) is 2.04. The van der Waals surface area contributed by atoms with E-state index in [1.807, 2.05) is 6.92 Å². The smallest absolute Gasteiger partial charge is 0.302 e. The molecule has 1 rings (SSSR count). The molecule has 0 radical (unpaired) electrons.